The maximum absolute atomic E-state index is 12.6. The molecule has 3 rings (SSSR count). The quantitative estimate of drug-likeness (QED) is 0.915. The number of halogens is 1. The van der Waals surface area contributed by atoms with Crippen LogP contribution in [0, 0.1) is 17.2 Å². The highest BCUT2D eigenvalue weighted by atomic mass is 35.5. The molecule has 1 aromatic rings. The molecular formula is C18H20ClN3O2. The number of carbonyl (C=O) groups is 2. The molecule has 1 saturated heterocycles. The second-order valence-electron chi connectivity index (χ2n) is 6.63. The van der Waals surface area contributed by atoms with Crippen molar-refractivity contribution >= 4 is 23.4 Å². The van der Waals surface area contributed by atoms with E-state index in [2.05, 4.69) is 11.4 Å². The minimum absolute atomic E-state index is 0.0807. The van der Waals surface area contributed by atoms with E-state index >= 15 is 0 Å². The molecule has 2 amide bonds. The van der Waals surface area contributed by atoms with Gasteiger partial charge in [0.2, 0.25) is 5.91 Å². The minimum atomic E-state index is -0.681. The molecule has 24 heavy (non-hydrogen) atoms. The lowest BCUT2D eigenvalue weighted by atomic mass is 9.77. The van der Waals surface area contributed by atoms with Crippen LogP contribution >= 0.6 is 11.6 Å². The summed E-state index contributed by atoms with van der Waals surface area (Å²) < 4.78 is 0. The van der Waals surface area contributed by atoms with Gasteiger partial charge < -0.3 is 10.2 Å². The van der Waals surface area contributed by atoms with Crippen LogP contribution in [-0.4, -0.2) is 35.3 Å². The van der Waals surface area contributed by atoms with Gasteiger partial charge in [0.15, 0.2) is 0 Å². The summed E-state index contributed by atoms with van der Waals surface area (Å²) >= 11 is 5.86. The van der Waals surface area contributed by atoms with Crippen molar-refractivity contribution in [3.05, 3.63) is 34.9 Å². The number of likely N-dealkylation sites (tertiary alicyclic amines) is 1. The largest absolute Gasteiger partial charge is 0.338 e. The number of nitriles is 1. The number of hydrogen-bond acceptors (Lipinski definition) is 3. The average Bonchev–Trinajstić information content (AvgIpc) is 2.58. The fraction of sp³-hybridized carbons (Fsp3) is 0.500. The third-order valence-corrected chi connectivity index (χ3v) is 5.21. The predicted molar refractivity (Wildman–Crippen MR) is 90.4 cm³/mol. The van der Waals surface area contributed by atoms with Crippen LogP contribution in [0.4, 0.5) is 0 Å². The Labute approximate surface area is 146 Å². The van der Waals surface area contributed by atoms with Crippen molar-refractivity contribution in [2.75, 3.05) is 13.1 Å². The number of amides is 2. The van der Waals surface area contributed by atoms with Gasteiger partial charge in [-0.25, -0.2) is 0 Å². The molecule has 1 aromatic carbocycles. The molecule has 1 atom stereocenters. The number of rotatable bonds is 3. The second-order valence-corrected chi connectivity index (χ2v) is 7.07. The fourth-order valence-electron chi connectivity index (χ4n) is 3.28. The van der Waals surface area contributed by atoms with Gasteiger partial charge >= 0.3 is 0 Å². The number of piperidine rings is 1. The van der Waals surface area contributed by atoms with E-state index in [1.54, 1.807) is 29.2 Å². The molecule has 0 spiro atoms. The molecule has 5 nitrogen and oxygen atoms in total. The van der Waals surface area contributed by atoms with Crippen LogP contribution in [0.1, 0.15) is 42.5 Å². The molecule has 0 aromatic heterocycles. The molecule has 126 valence electrons. The summed E-state index contributed by atoms with van der Waals surface area (Å²) in [6.07, 6.45) is 3.94. The summed E-state index contributed by atoms with van der Waals surface area (Å²) in [5.74, 6) is -0.437. The molecule has 1 aliphatic heterocycles. The Hall–Kier alpha value is -2.06. The van der Waals surface area contributed by atoms with E-state index in [0.29, 0.717) is 23.7 Å². The fourth-order valence-corrected chi connectivity index (χ4v) is 3.41. The maximum Gasteiger partial charge on any atom is 0.253 e. The van der Waals surface area contributed by atoms with Crippen molar-refractivity contribution in [3.63, 3.8) is 0 Å². The van der Waals surface area contributed by atoms with Gasteiger partial charge in [-0.05, 0) is 56.4 Å². The SMILES string of the molecule is N#CC1(NC(=O)C2CCCN(C(=O)c3ccc(Cl)cc3)C2)CCC1. The zero-order chi connectivity index (χ0) is 17.2. The molecular weight excluding hydrogens is 326 g/mol. The van der Waals surface area contributed by atoms with Gasteiger partial charge in [-0.15, -0.1) is 0 Å². The first-order valence-corrected chi connectivity index (χ1v) is 8.69. The van der Waals surface area contributed by atoms with E-state index in [4.69, 9.17) is 11.6 Å². The van der Waals surface area contributed by atoms with E-state index in [9.17, 15) is 14.9 Å². The number of hydrogen-bond donors (Lipinski definition) is 1. The van der Waals surface area contributed by atoms with Crippen LogP contribution < -0.4 is 5.32 Å². The molecule has 2 aliphatic rings. The highest BCUT2D eigenvalue weighted by Crippen LogP contribution is 2.32. The lowest BCUT2D eigenvalue weighted by molar-refractivity contribution is -0.128. The summed E-state index contributed by atoms with van der Waals surface area (Å²) in [5.41, 5.74) is -0.104. The molecule has 0 radical (unpaired) electrons. The molecule has 6 heteroatoms. The molecule has 1 heterocycles. The van der Waals surface area contributed by atoms with Crippen LogP contribution in [0.2, 0.25) is 5.02 Å². The number of nitrogens with one attached hydrogen (secondary N) is 1. The van der Waals surface area contributed by atoms with Gasteiger partial charge in [0.05, 0.1) is 12.0 Å². The third-order valence-electron chi connectivity index (χ3n) is 4.95. The van der Waals surface area contributed by atoms with Crippen molar-refractivity contribution in [2.45, 2.75) is 37.6 Å². The Kier molecular flexibility index (Phi) is 4.77. The smallest absolute Gasteiger partial charge is 0.253 e. The maximum atomic E-state index is 12.6. The van der Waals surface area contributed by atoms with Crippen molar-refractivity contribution in [3.8, 4) is 6.07 Å². The van der Waals surface area contributed by atoms with Crippen molar-refractivity contribution in [1.82, 2.24) is 10.2 Å². The van der Waals surface area contributed by atoms with Crippen LogP contribution in [0.3, 0.4) is 0 Å². The number of carbonyl (C=O) groups excluding carboxylic acids is 2. The topological polar surface area (TPSA) is 73.2 Å². The van der Waals surface area contributed by atoms with E-state index in [0.717, 1.165) is 32.1 Å². The molecule has 1 N–H and O–H groups in total. The van der Waals surface area contributed by atoms with Crippen molar-refractivity contribution in [2.24, 2.45) is 5.92 Å². The molecule has 1 aliphatic carbocycles. The first-order valence-electron chi connectivity index (χ1n) is 8.31. The monoisotopic (exact) mass is 345 g/mol. The molecule has 1 saturated carbocycles. The van der Waals surface area contributed by atoms with E-state index in [-0.39, 0.29) is 17.7 Å². The first-order chi connectivity index (χ1) is 11.5. The Morgan fingerprint density at radius 1 is 1.25 bits per heavy atom. The Balaban J connectivity index is 1.63. The van der Waals surface area contributed by atoms with Gasteiger partial charge in [0.1, 0.15) is 5.54 Å². The minimum Gasteiger partial charge on any atom is -0.338 e. The van der Waals surface area contributed by atoms with Crippen molar-refractivity contribution < 1.29 is 9.59 Å². The Morgan fingerprint density at radius 2 is 1.96 bits per heavy atom. The first kappa shape index (κ1) is 16.8. The Morgan fingerprint density at radius 3 is 2.54 bits per heavy atom. The zero-order valence-electron chi connectivity index (χ0n) is 13.4. The van der Waals surface area contributed by atoms with Gasteiger partial charge in [-0.2, -0.15) is 5.26 Å². The van der Waals surface area contributed by atoms with Crippen LogP contribution in [0.15, 0.2) is 24.3 Å². The van der Waals surface area contributed by atoms with Crippen LogP contribution in [0.25, 0.3) is 0 Å². The van der Waals surface area contributed by atoms with Gasteiger partial charge in [0.25, 0.3) is 5.91 Å². The van der Waals surface area contributed by atoms with E-state index in [1.807, 2.05) is 0 Å². The normalized spacial score (nSPS) is 22.2. The summed E-state index contributed by atoms with van der Waals surface area (Å²) in [5, 5.41) is 12.7. The molecule has 1 unspecified atom stereocenters. The van der Waals surface area contributed by atoms with Crippen LogP contribution in [0.5, 0.6) is 0 Å². The molecule has 0 bridgehead atoms. The summed E-state index contributed by atoms with van der Waals surface area (Å²) in [7, 11) is 0. The van der Waals surface area contributed by atoms with Crippen molar-refractivity contribution in [1.29, 1.82) is 5.26 Å². The van der Waals surface area contributed by atoms with Crippen LogP contribution in [-0.2, 0) is 4.79 Å². The lowest BCUT2D eigenvalue weighted by Crippen LogP contribution is -2.56. The molecule has 2 fully saturated rings. The highest BCUT2D eigenvalue weighted by Gasteiger charge is 2.40. The number of benzene rings is 1. The summed E-state index contributed by atoms with van der Waals surface area (Å²) in [6, 6.07) is 9.01. The third kappa shape index (κ3) is 3.39. The summed E-state index contributed by atoms with van der Waals surface area (Å²) in [6.45, 7) is 1.05. The standard InChI is InChI=1S/C18H20ClN3O2/c19-15-6-4-13(5-7-15)17(24)22-10-1-3-14(11-22)16(23)21-18(12-20)8-2-9-18/h4-7,14H,1-3,8-11H2,(H,21,23). The van der Waals surface area contributed by atoms with E-state index in [1.165, 1.54) is 0 Å². The second kappa shape index (κ2) is 6.82. The predicted octanol–water partition coefficient (Wildman–Crippen LogP) is 2.75. The highest BCUT2D eigenvalue weighted by molar-refractivity contribution is 6.30. The average molecular weight is 346 g/mol. The summed E-state index contributed by atoms with van der Waals surface area (Å²) in [4.78, 5) is 26.8. The van der Waals surface area contributed by atoms with E-state index < -0.39 is 5.54 Å². The zero-order valence-corrected chi connectivity index (χ0v) is 14.2. The van der Waals surface area contributed by atoms with Gasteiger partial charge in [-0.1, -0.05) is 11.6 Å². The van der Waals surface area contributed by atoms with Gasteiger partial charge in [0, 0.05) is 23.7 Å². The number of nitrogens with zero attached hydrogens (tertiary/aromatic N) is 2. The Bertz CT molecular complexity index is 676. The van der Waals surface area contributed by atoms with Gasteiger partial charge in [-0.3, -0.25) is 9.59 Å². The lowest BCUT2D eigenvalue weighted by Gasteiger charge is -2.38.